The fraction of sp³-hybridized carbons (Fsp3) is 0.806. The van der Waals surface area contributed by atoms with Crippen molar-refractivity contribution in [3.05, 3.63) is 23.3 Å². The first-order valence-electron chi connectivity index (χ1n) is 17.2. The number of carbonyl (C=O) groups excluding carboxylic acids is 2. The van der Waals surface area contributed by atoms with Crippen LogP contribution in [0.25, 0.3) is 0 Å². The Hall–Kier alpha value is -2.07. The van der Waals surface area contributed by atoms with Crippen LogP contribution in [0.15, 0.2) is 23.3 Å². The number of ether oxygens (including phenoxy) is 1. The van der Waals surface area contributed by atoms with Crippen molar-refractivity contribution in [2.24, 2.45) is 35.0 Å². The topological polar surface area (TPSA) is 162 Å². The third-order valence-electron chi connectivity index (χ3n) is 12.1. The largest absolute Gasteiger partial charge is 0.481 e. The molecule has 0 aliphatic heterocycles. The molecular formula is C36H56O9. The van der Waals surface area contributed by atoms with Gasteiger partial charge in [0.25, 0.3) is 0 Å². The SMILES string of the molecule is CCC(CCCCCCCCCCC(=O)O[C@@]12[C@H](O)[C@@H](C)[C@@]3(O)[C@@H](C=C(CO)C[C@]4(O)C(=O)C(C)=C[C@@H]34)[C@H]1C2(C)C)CC(=O)O. The highest BCUT2D eigenvalue weighted by Crippen LogP contribution is 2.76. The Morgan fingerprint density at radius 1 is 1.02 bits per heavy atom. The number of aliphatic carboxylic acids is 1. The summed E-state index contributed by atoms with van der Waals surface area (Å²) in [6.07, 6.45) is 12.5. The van der Waals surface area contributed by atoms with Crippen molar-refractivity contribution in [3.8, 4) is 0 Å². The summed E-state index contributed by atoms with van der Waals surface area (Å²) in [5, 5.41) is 55.0. The average molecular weight is 633 g/mol. The summed E-state index contributed by atoms with van der Waals surface area (Å²) in [7, 11) is 0. The molecule has 0 aromatic rings. The minimum atomic E-state index is -1.91. The molecule has 0 amide bonds. The fourth-order valence-electron chi connectivity index (χ4n) is 9.37. The van der Waals surface area contributed by atoms with Crippen molar-refractivity contribution < 1.29 is 44.7 Å². The molecule has 2 saturated carbocycles. The minimum Gasteiger partial charge on any atom is -0.481 e. The van der Waals surface area contributed by atoms with E-state index in [9.17, 15) is 34.8 Å². The van der Waals surface area contributed by atoms with Gasteiger partial charge < -0.3 is 30.3 Å². The number of unbranched alkanes of at least 4 members (excludes halogenated alkanes) is 7. The van der Waals surface area contributed by atoms with Crippen LogP contribution in [0.5, 0.6) is 0 Å². The predicted molar refractivity (Wildman–Crippen MR) is 169 cm³/mol. The molecule has 0 aromatic carbocycles. The molecule has 2 fully saturated rings. The van der Waals surface area contributed by atoms with Crippen LogP contribution < -0.4 is 0 Å². The van der Waals surface area contributed by atoms with Crippen LogP contribution in [0.3, 0.4) is 0 Å². The van der Waals surface area contributed by atoms with Crippen LogP contribution in [-0.2, 0) is 19.1 Å². The summed E-state index contributed by atoms with van der Waals surface area (Å²) in [4.78, 5) is 37.2. The molecule has 5 N–H and O–H groups in total. The van der Waals surface area contributed by atoms with Crippen molar-refractivity contribution >= 4 is 17.7 Å². The molecular weight excluding hydrogens is 576 g/mol. The van der Waals surface area contributed by atoms with Gasteiger partial charge in [-0.3, -0.25) is 14.4 Å². The van der Waals surface area contributed by atoms with Crippen molar-refractivity contribution in [1.29, 1.82) is 0 Å². The van der Waals surface area contributed by atoms with E-state index in [1.807, 2.05) is 20.8 Å². The van der Waals surface area contributed by atoms with E-state index in [1.54, 1.807) is 26.0 Å². The third kappa shape index (κ3) is 6.19. The standard InChI is InChI=1S/C36H56O9/c1-6-24(19-28(38)39)15-13-11-9-7-8-10-12-14-16-29(40)45-36-30(33(36,4)5)26-18-25(21-37)20-34(43)27(17-22(2)31(34)41)35(26,44)23(3)32(36)42/h17-18,23-24,26-27,30,32,37,42-44H,6-16,19-21H2,1-5H3,(H,38,39)/t23-,24?,26+,27-,30+,32-,34-,35-,36-/m1/s1. The average Bonchev–Trinajstić information content (AvgIpc) is 3.41. The van der Waals surface area contributed by atoms with E-state index in [-0.39, 0.29) is 37.8 Å². The second-order valence-electron chi connectivity index (χ2n) is 15.1. The zero-order chi connectivity index (χ0) is 33.4. The molecule has 0 saturated heterocycles. The van der Waals surface area contributed by atoms with E-state index in [0.717, 1.165) is 57.8 Å². The second kappa shape index (κ2) is 13.6. The molecule has 0 spiro atoms. The van der Waals surface area contributed by atoms with Gasteiger partial charge in [0.05, 0.1) is 18.3 Å². The zero-order valence-electron chi connectivity index (χ0n) is 27.9. The highest BCUT2D eigenvalue weighted by Gasteiger charge is 2.86. The summed E-state index contributed by atoms with van der Waals surface area (Å²) in [5.41, 5.74) is -4.70. The Morgan fingerprint density at radius 2 is 1.62 bits per heavy atom. The summed E-state index contributed by atoms with van der Waals surface area (Å²) >= 11 is 0. The number of ketones is 1. The van der Waals surface area contributed by atoms with Gasteiger partial charge in [0.1, 0.15) is 11.2 Å². The molecule has 4 aliphatic rings. The van der Waals surface area contributed by atoms with Gasteiger partial charge >= 0.3 is 11.9 Å². The number of carboxylic acids is 1. The third-order valence-corrected chi connectivity index (χ3v) is 12.1. The Bertz CT molecular complexity index is 1190. The van der Waals surface area contributed by atoms with Crippen LogP contribution >= 0.6 is 0 Å². The molecule has 4 rings (SSSR count). The summed E-state index contributed by atoms with van der Waals surface area (Å²) < 4.78 is 6.18. The normalized spacial score (nSPS) is 37.0. The number of Topliss-reactive ketones (excluding diaryl/α,β-unsaturated/α-hetero) is 1. The Labute approximate surface area is 268 Å². The lowest BCUT2D eigenvalue weighted by Gasteiger charge is -2.52. The maximum Gasteiger partial charge on any atom is 0.306 e. The maximum atomic E-state index is 13.2. The van der Waals surface area contributed by atoms with Crippen molar-refractivity contribution in [2.75, 3.05) is 6.61 Å². The van der Waals surface area contributed by atoms with Gasteiger partial charge in [0.15, 0.2) is 5.78 Å². The zero-order valence-corrected chi connectivity index (χ0v) is 27.9. The Balaban J connectivity index is 1.31. The summed E-state index contributed by atoms with van der Waals surface area (Å²) in [5.74, 6) is -4.22. The second-order valence-corrected chi connectivity index (χ2v) is 15.1. The molecule has 4 aliphatic carbocycles. The molecule has 0 bridgehead atoms. The van der Waals surface area contributed by atoms with Gasteiger partial charge in [0.2, 0.25) is 0 Å². The number of aliphatic hydroxyl groups excluding tert-OH is 2. The van der Waals surface area contributed by atoms with Crippen LogP contribution in [0.1, 0.15) is 118 Å². The Morgan fingerprint density at radius 3 is 2.20 bits per heavy atom. The van der Waals surface area contributed by atoms with Gasteiger partial charge in [-0.05, 0) is 36.8 Å². The number of fused-ring (bicyclic) bond motifs is 5. The maximum absolute atomic E-state index is 13.2. The van der Waals surface area contributed by atoms with Gasteiger partial charge in [0, 0.05) is 48.3 Å². The first-order valence-corrected chi connectivity index (χ1v) is 17.2. The van der Waals surface area contributed by atoms with E-state index in [1.165, 1.54) is 0 Å². The van der Waals surface area contributed by atoms with E-state index >= 15 is 0 Å². The van der Waals surface area contributed by atoms with Gasteiger partial charge in [-0.2, -0.15) is 0 Å². The molecule has 0 heterocycles. The molecule has 0 aromatic heterocycles. The van der Waals surface area contributed by atoms with Crippen LogP contribution in [0.2, 0.25) is 0 Å². The predicted octanol–water partition coefficient (Wildman–Crippen LogP) is 4.88. The van der Waals surface area contributed by atoms with Gasteiger partial charge in [-0.1, -0.05) is 91.2 Å². The van der Waals surface area contributed by atoms with Crippen molar-refractivity contribution in [3.63, 3.8) is 0 Å². The summed E-state index contributed by atoms with van der Waals surface area (Å²) in [6.45, 7) is 8.82. The number of carbonyl (C=O) groups is 3. The van der Waals surface area contributed by atoms with Gasteiger partial charge in [-0.15, -0.1) is 0 Å². The first-order chi connectivity index (χ1) is 21.1. The number of hydrogen-bond donors (Lipinski definition) is 5. The molecule has 1 unspecified atom stereocenters. The van der Waals surface area contributed by atoms with Crippen LogP contribution in [0, 0.1) is 35.0 Å². The van der Waals surface area contributed by atoms with Gasteiger partial charge in [-0.25, -0.2) is 0 Å². The van der Waals surface area contributed by atoms with E-state index < -0.39 is 63.7 Å². The van der Waals surface area contributed by atoms with Crippen molar-refractivity contribution in [2.45, 2.75) is 141 Å². The number of hydrogen-bond acceptors (Lipinski definition) is 8. The molecule has 0 radical (unpaired) electrons. The van der Waals surface area contributed by atoms with Crippen molar-refractivity contribution in [1.82, 2.24) is 0 Å². The minimum absolute atomic E-state index is 0.103. The lowest BCUT2D eigenvalue weighted by atomic mass is 9.59. The highest BCUT2D eigenvalue weighted by molar-refractivity contribution is 6.04. The molecule has 45 heavy (non-hydrogen) atoms. The lowest BCUT2D eigenvalue weighted by molar-refractivity contribution is -0.219. The highest BCUT2D eigenvalue weighted by atomic mass is 16.6. The van der Waals surface area contributed by atoms with E-state index in [4.69, 9.17) is 9.84 Å². The van der Waals surface area contributed by atoms with E-state index in [0.29, 0.717) is 17.6 Å². The Kier molecular flexibility index (Phi) is 10.8. The monoisotopic (exact) mass is 632 g/mol. The lowest BCUT2D eigenvalue weighted by Crippen LogP contribution is -2.65. The molecule has 9 nitrogen and oxygen atoms in total. The molecule has 9 heteroatoms. The van der Waals surface area contributed by atoms with E-state index in [2.05, 4.69) is 0 Å². The summed E-state index contributed by atoms with van der Waals surface area (Å²) in [6, 6.07) is 0. The fourth-order valence-corrected chi connectivity index (χ4v) is 9.37. The quantitative estimate of drug-likeness (QED) is 0.0907. The molecule has 9 atom stereocenters. The number of aliphatic hydroxyl groups is 4. The van der Waals surface area contributed by atoms with Crippen LogP contribution in [-0.4, -0.2) is 72.8 Å². The molecule has 254 valence electrons. The number of esters is 1. The number of rotatable bonds is 16. The first kappa shape index (κ1) is 35.8. The smallest absolute Gasteiger partial charge is 0.306 e. The van der Waals surface area contributed by atoms with Crippen LogP contribution in [0.4, 0.5) is 0 Å². The number of carboxylic acid groups (broad SMARTS) is 1.